The summed E-state index contributed by atoms with van der Waals surface area (Å²) in [6.07, 6.45) is 1.36. The topological polar surface area (TPSA) is 96.4 Å². The van der Waals surface area contributed by atoms with E-state index in [9.17, 15) is 19.5 Å². The van der Waals surface area contributed by atoms with Gasteiger partial charge in [0.25, 0.3) is 0 Å². The number of nitrogens with zero attached hydrogens (tertiary/aromatic N) is 2. The number of likely N-dealkylation sites (tertiary alicyclic amines) is 1. The second-order valence-corrected chi connectivity index (χ2v) is 6.90. The summed E-state index contributed by atoms with van der Waals surface area (Å²) >= 11 is 0. The smallest absolute Gasteiger partial charge is 0.308 e. The molecular weight excluding hydrogens is 352 g/mol. The number of carboxylic acid groups (broad SMARTS) is 1. The highest BCUT2D eigenvalue weighted by molar-refractivity contribution is 6.01. The zero-order valence-corrected chi connectivity index (χ0v) is 15.5. The van der Waals surface area contributed by atoms with Gasteiger partial charge in [-0.3, -0.25) is 14.4 Å². The number of ether oxygens (including phenoxy) is 2. The molecule has 2 aliphatic heterocycles. The summed E-state index contributed by atoms with van der Waals surface area (Å²) in [5.41, 5.74) is 0.598. The number of carboxylic acids is 1. The third kappa shape index (κ3) is 3.84. The van der Waals surface area contributed by atoms with Crippen molar-refractivity contribution in [2.45, 2.75) is 19.3 Å². The van der Waals surface area contributed by atoms with Crippen LogP contribution in [0.5, 0.6) is 11.5 Å². The number of amides is 2. The van der Waals surface area contributed by atoms with E-state index in [1.54, 1.807) is 35.1 Å². The van der Waals surface area contributed by atoms with Gasteiger partial charge in [0, 0.05) is 32.1 Å². The molecular formula is C19H24N2O6. The van der Waals surface area contributed by atoms with Gasteiger partial charge in [-0.05, 0) is 25.0 Å². The number of hydrogen-bond donors (Lipinski definition) is 1. The summed E-state index contributed by atoms with van der Waals surface area (Å²) in [4.78, 5) is 39.8. The van der Waals surface area contributed by atoms with E-state index in [0.717, 1.165) is 0 Å². The maximum atomic E-state index is 12.8. The summed E-state index contributed by atoms with van der Waals surface area (Å²) in [5, 5.41) is 9.21. The summed E-state index contributed by atoms with van der Waals surface area (Å²) < 4.78 is 10.5. The van der Waals surface area contributed by atoms with Crippen LogP contribution in [0.2, 0.25) is 0 Å². The maximum Gasteiger partial charge on any atom is 0.308 e. The zero-order valence-electron chi connectivity index (χ0n) is 15.5. The summed E-state index contributed by atoms with van der Waals surface area (Å²) in [7, 11) is 3.06. The van der Waals surface area contributed by atoms with E-state index in [1.807, 2.05) is 0 Å². The average Bonchev–Trinajstić information content (AvgIpc) is 3.08. The van der Waals surface area contributed by atoms with Gasteiger partial charge in [0.2, 0.25) is 11.8 Å². The highest BCUT2D eigenvalue weighted by Gasteiger charge is 2.39. The molecule has 146 valence electrons. The molecule has 2 unspecified atom stereocenters. The fourth-order valence-corrected chi connectivity index (χ4v) is 3.75. The minimum Gasteiger partial charge on any atom is -0.497 e. The molecule has 8 heteroatoms. The van der Waals surface area contributed by atoms with Crippen LogP contribution in [-0.2, 0) is 14.4 Å². The van der Waals surface area contributed by atoms with Gasteiger partial charge in [-0.2, -0.15) is 0 Å². The molecule has 0 spiro atoms. The van der Waals surface area contributed by atoms with Crippen LogP contribution in [0.3, 0.4) is 0 Å². The lowest BCUT2D eigenvalue weighted by molar-refractivity contribution is -0.146. The quantitative estimate of drug-likeness (QED) is 0.834. The standard InChI is InChI=1S/C19H24N2O6/c1-26-14-5-6-15(16(9-14)27-2)21-11-13(8-17(21)22)18(23)20-7-3-4-12(10-20)19(24)25/h5-6,9,12-13H,3-4,7-8,10-11H2,1-2H3,(H,24,25). The van der Waals surface area contributed by atoms with Gasteiger partial charge in [-0.15, -0.1) is 0 Å². The Hall–Kier alpha value is -2.77. The molecule has 2 amide bonds. The van der Waals surface area contributed by atoms with Crippen molar-refractivity contribution in [2.24, 2.45) is 11.8 Å². The van der Waals surface area contributed by atoms with Crippen molar-refractivity contribution in [1.29, 1.82) is 0 Å². The van der Waals surface area contributed by atoms with Gasteiger partial charge in [0.05, 0.1) is 31.7 Å². The van der Waals surface area contributed by atoms with Gasteiger partial charge in [-0.1, -0.05) is 0 Å². The summed E-state index contributed by atoms with van der Waals surface area (Å²) in [5.74, 6) is -1.07. The van der Waals surface area contributed by atoms with Gasteiger partial charge in [-0.25, -0.2) is 0 Å². The minimum atomic E-state index is -0.875. The molecule has 2 heterocycles. The van der Waals surface area contributed by atoms with Gasteiger partial charge in [0.15, 0.2) is 0 Å². The second-order valence-electron chi connectivity index (χ2n) is 6.90. The number of aliphatic carboxylic acids is 1. The van der Waals surface area contributed by atoms with Crippen LogP contribution in [0.25, 0.3) is 0 Å². The van der Waals surface area contributed by atoms with Crippen molar-refractivity contribution in [2.75, 3.05) is 38.8 Å². The fourth-order valence-electron chi connectivity index (χ4n) is 3.75. The number of hydrogen-bond acceptors (Lipinski definition) is 5. The predicted octanol–water partition coefficient (Wildman–Crippen LogP) is 1.38. The first-order valence-electron chi connectivity index (χ1n) is 8.98. The lowest BCUT2D eigenvalue weighted by atomic mass is 9.96. The first-order chi connectivity index (χ1) is 12.9. The number of carbonyl (C=O) groups excluding carboxylic acids is 2. The second kappa shape index (κ2) is 7.85. The fraction of sp³-hybridized carbons (Fsp3) is 0.526. The van der Waals surface area contributed by atoms with Crippen LogP contribution in [0.1, 0.15) is 19.3 Å². The molecule has 0 radical (unpaired) electrons. The number of anilines is 1. The molecule has 0 saturated carbocycles. The van der Waals surface area contributed by atoms with Crippen molar-refractivity contribution < 1.29 is 29.0 Å². The van der Waals surface area contributed by atoms with Crippen LogP contribution in [0.4, 0.5) is 5.69 Å². The Bertz CT molecular complexity index is 750. The molecule has 1 N–H and O–H groups in total. The summed E-state index contributed by atoms with van der Waals surface area (Å²) in [6, 6.07) is 5.17. The van der Waals surface area contributed by atoms with Crippen LogP contribution in [0.15, 0.2) is 18.2 Å². The normalized spacial score (nSPS) is 22.7. The SMILES string of the molecule is COc1ccc(N2CC(C(=O)N3CCCC(C(=O)O)C3)CC2=O)c(OC)c1. The minimum absolute atomic E-state index is 0.113. The third-order valence-electron chi connectivity index (χ3n) is 5.23. The van der Waals surface area contributed by atoms with E-state index in [4.69, 9.17) is 9.47 Å². The van der Waals surface area contributed by atoms with Crippen LogP contribution < -0.4 is 14.4 Å². The highest BCUT2D eigenvalue weighted by atomic mass is 16.5. The number of methoxy groups -OCH3 is 2. The molecule has 1 aromatic rings. The van der Waals surface area contributed by atoms with Crippen LogP contribution in [0, 0.1) is 11.8 Å². The lowest BCUT2D eigenvalue weighted by Gasteiger charge is -2.32. The molecule has 2 aliphatic rings. The first kappa shape index (κ1) is 19.0. The molecule has 0 bridgehead atoms. The Balaban J connectivity index is 1.74. The molecule has 27 heavy (non-hydrogen) atoms. The van der Waals surface area contributed by atoms with E-state index in [1.165, 1.54) is 7.11 Å². The van der Waals surface area contributed by atoms with E-state index < -0.39 is 17.8 Å². The van der Waals surface area contributed by atoms with Crippen LogP contribution >= 0.6 is 0 Å². The maximum absolute atomic E-state index is 12.8. The summed E-state index contributed by atoms with van der Waals surface area (Å²) in [6.45, 7) is 1.01. The molecule has 3 rings (SSSR count). The average molecular weight is 376 g/mol. The number of carbonyl (C=O) groups is 3. The zero-order chi connectivity index (χ0) is 19.6. The Labute approximate surface area is 157 Å². The molecule has 2 saturated heterocycles. The van der Waals surface area contributed by atoms with Gasteiger partial charge in [0.1, 0.15) is 11.5 Å². The Morgan fingerprint density at radius 1 is 1.15 bits per heavy atom. The van der Waals surface area contributed by atoms with Crippen molar-refractivity contribution in [3.8, 4) is 11.5 Å². The third-order valence-corrected chi connectivity index (χ3v) is 5.23. The number of piperidine rings is 1. The van der Waals surface area contributed by atoms with Crippen molar-refractivity contribution >= 4 is 23.5 Å². The predicted molar refractivity (Wildman–Crippen MR) is 96.9 cm³/mol. The molecule has 1 aromatic carbocycles. The number of rotatable bonds is 5. The van der Waals surface area contributed by atoms with Crippen molar-refractivity contribution in [1.82, 2.24) is 4.90 Å². The highest BCUT2D eigenvalue weighted by Crippen LogP contribution is 2.36. The lowest BCUT2D eigenvalue weighted by Crippen LogP contribution is -2.45. The Morgan fingerprint density at radius 3 is 2.59 bits per heavy atom. The first-order valence-corrected chi connectivity index (χ1v) is 8.98. The van der Waals surface area contributed by atoms with Crippen molar-refractivity contribution in [3.63, 3.8) is 0 Å². The monoisotopic (exact) mass is 376 g/mol. The molecule has 0 aliphatic carbocycles. The Morgan fingerprint density at radius 2 is 1.93 bits per heavy atom. The Kier molecular flexibility index (Phi) is 5.53. The largest absolute Gasteiger partial charge is 0.497 e. The van der Waals surface area contributed by atoms with E-state index in [2.05, 4.69) is 0 Å². The molecule has 8 nitrogen and oxygen atoms in total. The molecule has 0 aromatic heterocycles. The van der Waals surface area contributed by atoms with Gasteiger partial charge < -0.3 is 24.4 Å². The molecule has 2 atom stereocenters. The van der Waals surface area contributed by atoms with E-state index >= 15 is 0 Å². The van der Waals surface area contributed by atoms with E-state index in [-0.39, 0.29) is 31.3 Å². The van der Waals surface area contributed by atoms with Gasteiger partial charge >= 0.3 is 5.97 Å². The van der Waals surface area contributed by atoms with Crippen LogP contribution in [-0.4, -0.2) is 61.6 Å². The van der Waals surface area contributed by atoms with E-state index in [0.29, 0.717) is 36.6 Å². The van der Waals surface area contributed by atoms with Crippen molar-refractivity contribution in [3.05, 3.63) is 18.2 Å². The number of benzene rings is 1. The molecule has 2 fully saturated rings.